The summed E-state index contributed by atoms with van der Waals surface area (Å²) in [4.78, 5) is 18.6. The summed E-state index contributed by atoms with van der Waals surface area (Å²) < 4.78 is 17.0. The molecule has 1 amide bonds. The van der Waals surface area contributed by atoms with Gasteiger partial charge in [-0.3, -0.25) is 4.79 Å². The van der Waals surface area contributed by atoms with E-state index in [-0.39, 0.29) is 12.5 Å². The van der Waals surface area contributed by atoms with Gasteiger partial charge in [0.15, 0.2) is 12.2 Å². The van der Waals surface area contributed by atoms with E-state index < -0.39 is 0 Å². The highest BCUT2D eigenvalue weighted by atomic mass is 16.5. The fourth-order valence-electron chi connectivity index (χ4n) is 2.96. The number of para-hydroxylation sites is 1. The Morgan fingerprint density at radius 3 is 2.85 bits per heavy atom. The smallest absolute Gasteiger partial charge is 0.260 e. The van der Waals surface area contributed by atoms with Crippen LogP contribution in [0.4, 0.5) is 0 Å². The maximum atomic E-state index is 12.3. The van der Waals surface area contributed by atoms with Gasteiger partial charge in [0.1, 0.15) is 11.3 Å². The number of rotatable bonds is 4. The van der Waals surface area contributed by atoms with Crippen molar-refractivity contribution in [3.05, 3.63) is 48.0 Å². The van der Waals surface area contributed by atoms with Gasteiger partial charge >= 0.3 is 0 Å². The lowest BCUT2D eigenvalue weighted by atomic mass is 10.2. The Morgan fingerprint density at radius 2 is 2.00 bits per heavy atom. The number of oxazole rings is 1. The van der Waals surface area contributed by atoms with E-state index in [4.69, 9.17) is 13.9 Å². The minimum atomic E-state index is -0.0451. The van der Waals surface area contributed by atoms with Crippen LogP contribution in [0, 0.1) is 6.92 Å². The molecule has 1 saturated heterocycles. The van der Waals surface area contributed by atoms with Gasteiger partial charge in [-0.05, 0) is 36.8 Å². The summed E-state index contributed by atoms with van der Waals surface area (Å²) in [6, 6.07) is 13.4. The molecule has 0 spiro atoms. The van der Waals surface area contributed by atoms with E-state index in [2.05, 4.69) is 4.98 Å². The van der Waals surface area contributed by atoms with Crippen molar-refractivity contribution in [3.63, 3.8) is 0 Å². The highest BCUT2D eigenvalue weighted by Gasteiger charge is 2.19. The molecule has 2 aromatic carbocycles. The van der Waals surface area contributed by atoms with E-state index in [1.165, 1.54) is 0 Å². The number of nitrogens with zero attached hydrogens (tertiary/aromatic N) is 2. The zero-order valence-electron chi connectivity index (χ0n) is 14.6. The van der Waals surface area contributed by atoms with Crippen LogP contribution in [0.5, 0.6) is 5.75 Å². The van der Waals surface area contributed by atoms with E-state index in [1.807, 2.05) is 49.4 Å². The molecule has 1 fully saturated rings. The summed E-state index contributed by atoms with van der Waals surface area (Å²) in [5.74, 6) is 1.02. The fraction of sp³-hybridized carbons (Fsp3) is 0.300. The van der Waals surface area contributed by atoms with Crippen LogP contribution in [0.25, 0.3) is 22.6 Å². The first-order chi connectivity index (χ1) is 12.7. The number of hydrogen-bond acceptors (Lipinski definition) is 5. The lowest BCUT2D eigenvalue weighted by Crippen LogP contribution is -2.43. The molecule has 1 aromatic heterocycles. The Balaban J connectivity index is 1.55. The lowest BCUT2D eigenvalue weighted by Gasteiger charge is -2.26. The molecule has 0 atom stereocenters. The molecule has 134 valence electrons. The van der Waals surface area contributed by atoms with E-state index in [1.54, 1.807) is 4.90 Å². The Kier molecular flexibility index (Phi) is 4.58. The van der Waals surface area contributed by atoms with Crippen molar-refractivity contribution in [1.82, 2.24) is 9.88 Å². The first-order valence-electron chi connectivity index (χ1n) is 8.65. The fourth-order valence-corrected chi connectivity index (χ4v) is 2.96. The average Bonchev–Trinajstić information content (AvgIpc) is 3.10. The number of aromatic nitrogens is 1. The molecule has 0 N–H and O–H groups in total. The van der Waals surface area contributed by atoms with Gasteiger partial charge in [0, 0.05) is 13.1 Å². The molecule has 0 bridgehead atoms. The summed E-state index contributed by atoms with van der Waals surface area (Å²) in [5.41, 5.74) is 3.38. The van der Waals surface area contributed by atoms with Crippen LogP contribution in [0.15, 0.2) is 46.9 Å². The molecule has 4 rings (SSSR count). The monoisotopic (exact) mass is 352 g/mol. The van der Waals surface area contributed by atoms with Crippen molar-refractivity contribution < 1.29 is 18.7 Å². The highest BCUT2D eigenvalue weighted by Crippen LogP contribution is 2.31. The van der Waals surface area contributed by atoms with Gasteiger partial charge in [-0.15, -0.1) is 0 Å². The molecule has 0 radical (unpaired) electrons. The number of carbonyl (C=O) groups excluding carboxylic acids is 1. The largest absolute Gasteiger partial charge is 0.483 e. The number of aryl methyl sites for hydroxylation is 1. The Labute approximate surface area is 151 Å². The molecule has 0 aliphatic carbocycles. The zero-order chi connectivity index (χ0) is 17.9. The Bertz CT molecular complexity index is 928. The van der Waals surface area contributed by atoms with Gasteiger partial charge in [0.25, 0.3) is 5.91 Å². The number of hydrogen-bond donors (Lipinski definition) is 0. The summed E-state index contributed by atoms with van der Waals surface area (Å²) in [7, 11) is 0. The van der Waals surface area contributed by atoms with Crippen LogP contribution in [0.1, 0.15) is 5.56 Å². The topological polar surface area (TPSA) is 64.8 Å². The zero-order valence-corrected chi connectivity index (χ0v) is 14.6. The van der Waals surface area contributed by atoms with E-state index >= 15 is 0 Å². The predicted octanol–water partition coefficient (Wildman–Crippen LogP) is 3.04. The lowest BCUT2D eigenvalue weighted by molar-refractivity contribution is -0.137. The van der Waals surface area contributed by atoms with Crippen LogP contribution < -0.4 is 4.74 Å². The number of benzene rings is 2. The van der Waals surface area contributed by atoms with Crippen LogP contribution in [-0.2, 0) is 9.53 Å². The highest BCUT2D eigenvalue weighted by molar-refractivity contribution is 5.79. The second-order valence-electron chi connectivity index (χ2n) is 6.27. The first kappa shape index (κ1) is 16.6. The van der Waals surface area contributed by atoms with Crippen molar-refractivity contribution in [2.45, 2.75) is 6.92 Å². The minimum absolute atomic E-state index is 0.0175. The normalized spacial score (nSPS) is 14.6. The maximum absolute atomic E-state index is 12.3. The summed E-state index contributed by atoms with van der Waals surface area (Å²) in [6.45, 7) is 4.35. The van der Waals surface area contributed by atoms with Gasteiger partial charge in [0.05, 0.1) is 18.8 Å². The molecule has 0 saturated carbocycles. The van der Waals surface area contributed by atoms with Gasteiger partial charge in [-0.1, -0.05) is 18.2 Å². The van der Waals surface area contributed by atoms with Crippen LogP contribution >= 0.6 is 0 Å². The predicted molar refractivity (Wildman–Crippen MR) is 97.1 cm³/mol. The molecule has 1 aliphatic heterocycles. The van der Waals surface area contributed by atoms with Crippen molar-refractivity contribution in [3.8, 4) is 17.2 Å². The molecule has 6 heteroatoms. The maximum Gasteiger partial charge on any atom is 0.260 e. The van der Waals surface area contributed by atoms with Gasteiger partial charge in [0.2, 0.25) is 5.89 Å². The number of ether oxygens (including phenoxy) is 2. The summed E-state index contributed by atoms with van der Waals surface area (Å²) in [5, 5.41) is 0. The molecular weight excluding hydrogens is 332 g/mol. The molecule has 26 heavy (non-hydrogen) atoms. The average molecular weight is 352 g/mol. The number of fused-ring (bicyclic) bond motifs is 1. The molecular formula is C20H20N2O4. The Morgan fingerprint density at radius 1 is 1.19 bits per heavy atom. The summed E-state index contributed by atoms with van der Waals surface area (Å²) >= 11 is 0. The second-order valence-corrected chi connectivity index (χ2v) is 6.27. The summed E-state index contributed by atoms with van der Waals surface area (Å²) in [6.07, 6.45) is 0. The van der Waals surface area contributed by atoms with Gasteiger partial charge < -0.3 is 18.8 Å². The molecule has 0 unspecified atom stereocenters. The van der Waals surface area contributed by atoms with Crippen molar-refractivity contribution in [2.24, 2.45) is 0 Å². The Hall–Kier alpha value is -2.86. The SMILES string of the molecule is Cc1ccc2nc(-c3ccccc3OCC(=O)N3CCOCC3)oc2c1. The minimum Gasteiger partial charge on any atom is -0.483 e. The molecule has 6 nitrogen and oxygen atoms in total. The van der Waals surface area contributed by atoms with E-state index in [9.17, 15) is 4.79 Å². The van der Waals surface area contributed by atoms with Gasteiger partial charge in [-0.2, -0.15) is 0 Å². The molecule has 3 aromatic rings. The molecule has 1 aliphatic rings. The van der Waals surface area contributed by atoms with Crippen molar-refractivity contribution in [1.29, 1.82) is 0 Å². The van der Waals surface area contributed by atoms with Crippen molar-refractivity contribution in [2.75, 3.05) is 32.9 Å². The third kappa shape index (κ3) is 3.41. The van der Waals surface area contributed by atoms with Crippen molar-refractivity contribution >= 4 is 17.0 Å². The standard InChI is InChI=1S/C20H20N2O4/c1-14-6-7-16-18(12-14)26-20(21-16)15-4-2-3-5-17(15)25-13-19(23)22-8-10-24-11-9-22/h2-7,12H,8-11,13H2,1H3. The third-order valence-corrected chi connectivity index (χ3v) is 4.38. The van der Waals surface area contributed by atoms with E-state index in [0.717, 1.165) is 22.2 Å². The number of carbonyl (C=O) groups is 1. The number of morpholine rings is 1. The first-order valence-corrected chi connectivity index (χ1v) is 8.65. The number of amides is 1. The molecule has 2 heterocycles. The quantitative estimate of drug-likeness (QED) is 0.722. The van der Waals surface area contributed by atoms with E-state index in [0.29, 0.717) is 37.9 Å². The van der Waals surface area contributed by atoms with Crippen LogP contribution in [0.2, 0.25) is 0 Å². The van der Waals surface area contributed by atoms with Crippen LogP contribution in [-0.4, -0.2) is 48.7 Å². The van der Waals surface area contributed by atoms with Crippen LogP contribution in [0.3, 0.4) is 0 Å². The third-order valence-electron chi connectivity index (χ3n) is 4.38. The van der Waals surface area contributed by atoms with Gasteiger partial charge in [-0.25, -0.2) is 4.98 Å². The second kappa shape index (κ2) is 7.17.